The number of nitrogens with zero attached hydrogens (tertiary/aromatic N) is 4. The fraction of sp³-hybridized carbons (Fsp3) is 0.667. The van der Waals surface area contributed by atoms with Gasteiger partial charge >= 0.3 is 0 Å². The molecule has 2 atom stereocenters. The molecule has 2 N–H and O–H groups in total. The van der Waals surface area contributed by atoms with E-state index in [1.54, 1.807) is 22.8 Å². The molecule has 0 bridgehead atoms. The Hall–Kier alpha value is -2.03. The highest BCUT2D eigenvalue weighted by molar-refractivity contribution is 5.94. The van der Waals surface area contributed by atoms with E-state index >= 15 is 0 Å². The van der Waals surface area contributed by atoms with Crippen LogP contribution in [0.1, 0.15) is 50.4 Å². The number of likely N-dealkylation sites (tertiary alicyclic amines) is 1. The Kier molecular flexibility index (Phi) is 5.35. The zero-order chi connectivity index (χ0) is 20.6. The molecular formula is C21H31N5O3. The van der Waals surface area contributed by atoms with Crippen molar-refractivity contribution in [2.75, 3.05) is 26.2 Å². The topological polar surface area (TPSA) is 92.0 Å². The van der Waals surface area contributed by atoms with E-state index in [4.69, 9.17) is 4.74 Å². The Labute approximate surface area is 171 Å². The maximum Gasteiger partial charge on any atom is 0.253 e. The van der Waals surface area contributed by atoms with Crippen molar-refractivity contribution in [2.24, 2.45) is 5.92 Å². The SMILES string of the molecule is CC(C)CN1CCC2(CC1)OCC[C@](C)(NC(=O)c1ccc3ncnn3c1)[C@H]2O. The van der Waals surface area contributed by atoms with E-state index in [1.165, 1.54) is 6.33 Å². The number of carbonyl (C=O) groups is 1. The molecule has 158 valence electrons. The van der Waals surface area contributed by atoms with Crippen LogP contribution in [0.2, 0.25) is 0 Å². The van der Waals surface area contributed by atoms with E-state index in [9.17, 15) is 9.90 Å². The second-order valence-corrected chi connectivity index (χ2v) is 9.11. The number of carbonyl (C=O) groups excluding carboxylic acids is 1. The number of fused-ring (bicyclic) bond motifs is 1. The van der Waals surface area contributed by atoms with Gasteiger partial charge in [-0.25, -0.2) is 9.50 Å². The van der Waals surface area contributed by atoms with Gasteiger partial charge in [-0.05, 0) is 44.2 Å². The van der Waals surface area contributed by atoms with Crippen LogP contribution in [0.25, 0.3) is 5.65 Å². The number of ether oxygens (including phenoxy) is 1. The van der Waals surface area contributed by atoms with Gasteiger partial charge < -0.3 is 20.1 Å². The van der Waals surface area contributed by atoms with Crippen molar-refractivity contribution in [1.29, 1.82) is 0 Å². The molecule has 2 aromatic heterocycles. The van der Waals surface area contributed by atoms with Crippen molar-refractivity contribution in [3.05, 3.63) is 30.2 Å². The Bertz CT molecular complexity index is 874. The molecule has 0 aliphatic carbocycles. The van der Waals surface area contributed by atoms with Crippen LogP contribution < -0.4 is 5.32 Å². The van der Waals surface area contributed by atoms with Crippen molar-refractivity contribution in [3.8, 4) is 0 Å². The van der Waals surface area contributed by atoms with Gasteiger partial charge in [-0.1, -0.05) is 13.8 Å². The first-order valence-corrected chi connectivity index (χ1v) is 10.5. The van der Waals surface area contributed by atoms with E-state index in [2.05, 4.69) is 34.1 Å². The summed E-state index contributed by atoms with van der Waals surface area (Å²) in [5.41, 5.74) is -0.161. The lowest BCUT2D eigenvalue weighted by Gasteiger charge is -2.53. The van der Waals surface area contributed by atoms with Crippen molar-refractivity contribution in [2.45, 2.75) is 57.3 Å². The molecule has 2 aliphatic heterocycles. The molecule has 4 rings (SSSR count). The first-order chi connectivity index (χ1) is 13.8. The highest BCUT2D eigenvalue weighted by atomic mass is 16.5. The largest absolute Gasteiger partial charge is 0.388 e. The van der Waals surface area contributed by atoms with E-state index in [0.717, 1.165) is 32.5 Å². The average Bonchev–Trinajstić information content (AvgIpc) is 3.15. The third-order valence-electron chi connectivity index (χ3n) is 6.37. The molecule has 1 amide bonds. The van der Waals surface area contributed by atoms with Crippen LogP contribution in [0.4, 0.5) is 0 Å². The second kappa shape index (κ2) is 7.66. The first-order valence-electron chi connectivity index (χ1n) is 10.5. The third-order valence-corrected chi connectivity index (χ3v) is 6.37. The molecule has 0 saturated carbocycles. The van der Waals surface area contributed by atoms with Gasteiger partial charge in [0.1, 0.15) is 12.4 Å². The predicted molar refractivity (Wildman–Crippen MR) is 109 cm³/mol. The molecule has 8 heteroatoms. The lowest BCUT2D eigenvalue weighted by molar-refractivity contribution is -0.205. The van der Waals surface area contributed by atoms with E-state index in [1.807, 2.05) is 6.92 Å². The summed E-state index contributed by atoms with van der Waals surface area (Å²) in [5, 5.41) is 18.5. The van der Waals surface area contributed by atoms with Gasteiger partial charge in [0.2, 0.25) is 0 Å². The highest BCUT2D eigenvalue weighted by Crippen LogP contribution is 2.40. The second-order valence-electron chi connectivity index (χ2n) is 9.11. The molecular weight excluding hydrogens is 370 g/mol. The number of aromatic nitrogens is 3. The summed E-state index contributed by atoms with van der Waals surface area (Å²) in [6, 6.07) is 3.49. The number of rotatable bonds is 4. The van der Waals surface area contributed by atoms with E-state index in [0.29, 0.717) is 30.2 Å². The molecule has 2 aliphatic rings. The van der Waals surface area contributed by atoms with Crippen LogP contribution in [0.5, 0.6) is 0 Å². The number of aliphatic hydroxyl groups excluding tert-OH is 1. The summed E-state index contributed by atoms with van der Waals surface area (Å²) in [4.78, 5) is 19.5. The molecule has 2 saturated heterocycles. The smallest absolute Gasteiger partial charge is 0.253 e. The monoisotopic (exact) mass is 401 g/mol. The summed E-state index contributed by atoms with van der Waals surface area (Å²) in [7, 11) is 0. The molecule has 0 unspecified atom stereocenters. The minimum atomic E-state index is -0.760. The summed E-state index contributed by atoms with van der Waals surface area (Å²) in [6.45, 7) is 9.77. The van der Waals surface area contributed by atoms with Crippen LogP contribution in [0.3, 0.4) is 0 Å². The molecule has 0 radical (unpaired) electrons. The Morgan fingerprint density at radius 3 is 2.83 bits per heavy atom. The van der Waals surface area contributed by atoms with Crippen molar-refractivity contribution in [1.82, 2.24) is 24.8 Å². The molecule has 2 fully saturated rings. The van der Waals surface area contributed by atoms with Gasteiger partial charge in [0, 0.05) is 32.4 Å². The van der Waals surface area contributed by atoms with Gasteiger partial charge in [0.05, 0.1) is 16.7 Å². The fourth-order valence-corrected chi connectivity index (χ4v) is 4.72. The van der Waals surface area contributed by atoms with Crippen molar-refractivity contribution in [3.63, 3.8) is 0 Å². The number of piperidine rings is 1. The molecule has 2 aromatic rings. The summed E-state index contributed by atoms with van der Waals surface area (Å²) < 4.78 is 7.72. The summed E-state index contributed by atoms with van der Waals surface area (Å²) >= 11 is 0. The van der Waals surface area contributed by atoms with Gasteiger partial charge in [-0.2, -0.15) is 5.10 Å². The minimum Gasteiger partial charge on any atom is -0.388 e. The number of aliphatic hydroxyl groups is 1. The zero-order valence-corrected chi connectivity index (χ0v) is 17.5. The number of pyridine rings is 1. The third kappa shape index (κ3) is 3.89. The first kappa shape index (κ1) is 20.3. The van der Waals surface area contributed by atoms with Gasteiger partial charge in [0.15, 0.2) is 5.65 Å². The van der Waals surface area contributed by atoms with Gasteiger partial charge in [-0.15, -0.1) is 0 Å². The lowest BCUT2D eigenvalue weighted by atomic mass is 9.73. The lowest BCUT2D eigenvalue weighted by Crippen LogP contribution is -2.69. The standard InChI is InChI=1S/C21H31N5O3/c1-15(2)12-25-9-6-21(7-10-25)19(28)20(3,8-11-29-21)24-18(27)16-4-5-17-22-14-23-26(17)13-16/h4-5,13-15,19,28H,6-12H2,1-3H3,(H,24,27)/t19-,20+/m1/s1. The van der Waals surface area contributed by atoms with Crippen LogP contribution in [-0.2, 0) is 4.74 Å². The Morgan fingerprint density at radius 2 is 2.10 bits per heavy atom. The quantitative estimate of drug-likeness (QED) is 0.807. The normalized spacial score (nSPS) is 27.6. The van der Waals surface area contributed by atoms with Crippen molar-refractivity contribution >= 4 is 11.6 Å². The average molecular weight is 402 g/mol. The number of hydrogen-bond donors (Lipinski definition) is 2. The summed E-state index contributed by atoms with van der Waals surface area (Å²) in [6.07, 6.45) is 4.48. The maximum atomic E-state index is 12.9. The Morgan fingerprint density at radius 1 is 1.34 bits per heavy atom. The maximum absolute atomic E-state index is 12.9. The minimum absolute atomic E-state index is 0.224. The molecule has 29 heavy (non-hydrogen) atoms. The molecule has 8 nitrogen and oxygen atoms in total. The number of amides is 1. The van der Waals surface area contributed by atoms with Crippen LogP contribution >= 0.6 is 0 Å². The number of nitrogens with one attached hydrogen (secondary N) is 1. The van der Waals surface area contributed by atoms with Crippen molar-refractivity contribution < 1.29 is 14.6 Å². The van der Waals surface area contributed by atoms with E-state index < -0.39 is 17.2 Å². The van der Waals surface area contributed by atoms with E-state index in [-0.39, 0.29) is 5.91 Å². The molecule has 0 aromatic carbocycles. The summed E-state index contributed by atoms with van der Waals surface area (Å²) in [5.74, 6) is 0.395. The molecule has 4 heterocycles. The number of hydrogen-bond acceptors (Lipinski definition) is 6. The highest BCUT2D eigenvalue weighted by Gasteiger charge is 2.53. The fourth-order valence-electron chi connectivity index (χ4n) is 4.72. The van der Waals surface area contributed by atoms with Crippen LogP contribution in [0.15, 0.2) is 24.7 Å². The predicted octanol–water partition coefficient (Wildman–Crippen LogP) is 1.49. The van der Waals surface area contributed by atoms with Gasteiger partial charge in [0.25, 0.3) is 5.91 Å². The van der Waals surface area contributed by atoms with Gasteiger partial charge in [-0.3, -0.25) is 4.79 Å². The van der Waals surface area contributed by atoms with Crippen LogP contribution in [0, 0.1) is 5.92 Å². The zero-order valence-electron chi connectivity index (χ0n) is 17.5. The van der Waals surface area contributed by atoms with Crippen LogP contribution in [-0.4, -0.2) is 74.0 Å². The Balaban J connectivity index is 1.47. The molecule has 1 spiro atoms.